The second kappa shape index (κ2) is 6.64. The summed E-state index contributed by atoms with van der Waals surface area (Å²) in [7, 11) is -0.643. The Labute approximate surface area is 96.7 Å². The quantitative estimate of drug-likeness (QED) is 0.760. The summed E-state index contributed by atoms with van der Waals surface area (Å²) in [4.78, 5) is 0. The molecular formula is C12H25NOS. The molecule has 1 N–H and O–H groups in total. The zero-order valence-electron chi connectivity index (χ0n) is 10.3. The Kier molecular flexibility index (Phi) is 5.83. The standard InChI is InChI=1S/C12H25NOS/c1-10(8-9-15(3)14)13-11(2)12-6-4-5-7-12/h10-13H,4-9H2,1-3H3. The molecule has 1 rings (SSSR count). The highest BCUT2D eigenvalue weighted by atomic mass is 32.2. The molecule has 0 bridgehead atoms. The average Bonchev–Trinajstić information content (AvgIpc) is 2.67. The van der Waals surface area contributed by atoms with Crippen LogP contribution >= 0.6 is 0 Å². The van der Waals surface area contributed by atoms with Gasteiger partial charge in [-0.25, -0.2) is 0 Å². The number of hydrogen-bond acceptors (Lipinski definition) is 2. The zero-order valence-corrected chi connectivity index (χ0v) is 11.1. The summed E-state index contributed by atoms with van der Waals surface area (Å²) < 4.78 is 11.0. The van der Waals surface area contributed by atoms with E-state index in [1.54, 1.807) is 6.26 Å². The molecule has 3 unspecified atom stereocenters. The first-order chi connectivity index (χ1) is 7.09. The molecule has 0 amide bonds. The fraction of sp³-hybridized carbons (Fsp3) is 1.00. The van der Waals surface area contributed by atoms with Crippen LogP contribution in [0.3, 0.4) is 0 Å². The summed E-state index contributed by atoms with van der Waals surface area (Å²) >= 11 is 0. The van der Waals surface area contributed by atoms with Gasteiger partial charge in [-0.2, -0.15) is 0 Å². The SMILES string of the molecule is CC(CCS(C)=O)NC(C)C1CCCC1. The number of hydrogen-bond donors (Lipinski definition) is 1. The number of rotatable bonds is 6. The van der Waals surface area contributed by atoms with Crippen LogP contribution in [0, 0.1) is 5.92 Å². The fourth-order valence-electron chi connectivity index (χ4n) is 2.47. The zero-order chi connectivity index (χ0) is 11.3. The van der Waals surface area contributed by atoms with Crippen molar-refractivity contribution in [1.29, 1.82) is 0 Å². The highest BCUT2D eigenvalue weighted by Gasteiger charge is 2.22. The van der Waals surface area contributed by atoms with Crippen LogP contribution in [0.15, 0.2) is 0 Å². The minimum Gasteiger partial charge on any atom is -0.311 e. The van der Waals surface area contributed by atoms with E-state index in [9.17, 15) is 4.21 Å². The molecule has 0 aliphatic heterocycles. The van der Waals surface area contributed by atoms with E-state index in [1.165, 1.54) is 25.7 Å². The summed E-state index contributed by atoms with van der Waals surface area (Å²) in [5, 5.41) is 3.64. The van der Waals surface area contributed by atoms with Crippen LogP contribution in [0.2, 0.25) is 0 Å². The van der Waals surface area contributed by atoms with E-state index in [0.717, 1.165) is 18.1 Å². The van der Waals surface area contributed by atoms with Gasteiger partial charge in [-0.05, 0) is 39.0 Å². The van der Waals surface area contributed by atoms with E-state index in [0.29, 0.717) is 12.1 Å². The maximum Gasteiger partial charge on any atom is 0.0246 e. The fourth-order valence-corrected chi connectivity index (χ4v) is 3.15. The molecule has 0 aromatic carbocycles. The lowest BCUT2D eigenvalue weighted by atomic mass is 9.99. The molecule has 1 aliphatic rings. The summed E-state index contributed by atoms with van der Waals surface area (Å²) in [6.07, 6.45) is 8.41. The van der Waals surface area contributed by atoms with Crippen LogP contribution in [-0.2, 0) is 10.8 Å². The Morgan fingerprint density at radius 3 is 2.47 bits per heavy atom. The molecule has 3 atom stereocenters. The van der Waals surface area contributed by atoms with Crippen molar-refractivity contribution >= 4 is 10.8 Å². The van der Waals surface area contributed by atoms with Crippen molar-refractivity contribution in [3.8, 4) is 0 Å². The Balaban J connectivity index is 2.18. The highest BCUT2D eigenvalue weighted by Crippen LogP contribution is 2.27. The molecule has 1 aliphatic carbocycles. The van der Waals surface area contributed by atoms with Crippen LogP contribution in [0.25, 0.3) is 0 Å². The topological polar surface area (TPSA) is 29.1 Å². The van der Waals surface area contributed by atoms with E-state index >= 15 is 0 Å². The molecule has 2 nitrogen and oxygen atoms in total. The molecule has 90 valence electrons. The maximum absolute atomic E-state index is 11.0. The van der Waals surface area contributed by atoms with Gasteiger partial charge in [0.15, 0.2) is 0 Å². The molecule has 0 aromatic heterocycles. The first-order valence-electron chi connectivity index (χ1n) is 6.15. The minimum atomic E-state index is -0.643. The van der Waals surface area contributed by atoms with Gasteiger partial charge < -0.3 is 5.32 Å². The third kappa shape index (κ3) is 5.12. The Morgan fingerprint density at radius 1 is 1.33 bits per heavy atom. The third-order valence-electron chi connectivity index (χ3n) is 3.49. The Morgan fingerprint density at radius 2 is 1.93 bits per heavy atom. The lowest BCUT2D eigenvalue weighted by Crippen LogP contribution is -2.39. The van der Waals surface area contributed by atoms with Gasteiger partial charge >= 0.3 is 0 Å². The van der Waals surface area contributed by atoms with Gasteiger partial charge in [-0.15, -0.1) is 0 Å². The minimum absolute atomic E-state index is 0.504. The lowest BCUT2D eigenvalue weighted by molar-refractivity contribution is 0.346. The van der Waals surface area contributed by atoms with E-state index in [4.69, 9.17) is 0 Å². The third-order valence-corrected chi connectivity index (χ3v) is 4.30. The summed E-state index contributed by atoms with van der Waals surface area (Å²) in [6, 6.07) is 1.14. The molecule has 0 saturated heterocycles. The van der Waals surface area contributed by atoms with Crippen molar-refractivity contribution in [3.63, 3.8) is 0 Å². The van der Waals surface area contributed by atoms with E-state index in [2.05, 4.69) is 19.2 Å². The number of nitrogens with one attached hydrogen (secondary N) is 1. The van der Waals surface area contributed by atoms with Crippen LogP contribution in [0.5, 0.6) is 0 Å². The van der Waals surface area contributed by atoms with Crippen molar-refractivity contribution in [2.24, 2.45) is 5.92 Å². The van der Waals surface area contributed by atoms with Crippen molar-refractivity contribution in [2.45, 2.75) is 58.0 Å². The molecule has 15 heavy (non-hydrogen) atoms. The van der Waals surface area contributed by atoms with E-state index < -0.39 is 10.8 Å². The summed E-state index contributed by atoms with van der Waals surface area (Å²) in [5.41, 5.74) is 0. The van der Waals surface area contributed by atoms with Crippen molar-refractivity contribution in [3.05, 3.63) is 0 Å². The Hall–Kier alpha value is 0.110. The van der Waals surface area contributed by atoms with Crippen molar-refractivity contribution < 1.29 is 4.21 Å². The van der Waals surface area contributed by atoms with Crippen molar-refractivity contribution in [1.82, 2.24) is 5.32 Å². The van der Waals surface area contributed by atoms with Gasteiger partial charge in [0.1, 0.15) is 0 Å². The predicted molar refractivity (Wildman–Crippen MR) is 67.6 cm³/mol. The normalized spacial score (nSPS) is 23.9. The van der Waals surface area contributed by atoms with Gasteiger partial charge in [0.25, 0.3) is 0 Å². The van der Waals surface area contributed by atoms with Crippen molar-refractivity contribution in [2.75, 3.05) is 12.0 Å². The molecule has 1 saturated carbocycles. The molecule has 0 radical (unpaired) electrons. The average molecular weight is 231 g/mol. The van der Waals surface area contributed by atoms with Crippen LogP contribution < -0.4 is 5.32 Å². The largest absolute Gasteiger partial charge is 0.311 e. The molecule has 0 heterocycles. The maximum atomic E-state index is 11.0. The smallest absolute Gasteiger partial charge is 0.0246 e. The van der Waals surface area contributed by atoms with E-state index in [-0.39, 0.29) is 0 Å². The second-order valence-corrected chi connectivity index (χ2v) is 6.52. The summed E-state index contributed by atoms with van der Waals surface area (Å²) in [5.74, 6) is 1.70. The first-order valence-corrected chi connectivity index (χ1v) is 7.88. The molecular weight excluding hydrogens is 206 g/mol. The molecule has 0 aromatic rings. The summed E-state index contributed by atoms with van der Waals surface area (Å²) in [6.45, 7) is 4.51. The molecule has 1 fully saturated rings. The highest BCUT2D eigenvalue weighted by molar-refractivity contribution is 7.84. The van der Waals surface area contributed by atoms with Gasteiger partial charge in [0.2, 0.25) is 0 Å². The lowest BCUT2D eigenvalue weighted by Gasteiger charge is -2.24. The van der Waals surface area contributed by atoms with Crippen LogP contribution in [0.4, 0.5) is 0 Å². The molecule has 0 spiro atoms. The van der Waals surface area contributed by atoms with Gasteiger partial charge in [-0.3, -0.25) is 4.21 Å². The van der Waals surface area contributed by atoms with Crippen LogP contribution in [0.1, 0.15) is 46.0 Å². The van der Waals surface area contributed by atoms with Gasteiger partial charge in [-0.1, -0.05) is 12.8 Å². The Bertz CT molecular complexity index is 202. The predicted octanol–water partition coefficient (Wildman–Crippen LogP) is 2.31. The molecule has 3 heteroatoms. The van der Waals surface area contributed by atoms with Crippen LogP contribution in [-0.4, -0.2) is 28.3 Å². The van der Waals surface area contributed by atoms with Gasteiger partial charge in [0.05, 0.1) is 0 Å². The van der Waals surface area contributed by atoms with E-state index in [1.807, 2.05) is 0 Å². The second-order valence-electron chi connectivity index (χ2n) is 4.97. The first kappa shape index (κ1) is 13.2. The van der Waals surface area contributed by atoms with Gasteiger partial charge in [0, 0.05) is 34.9 Å². The monoisotopic (exact) mass is 231 g/mol.